The first-order valence-corrected chi connectivity index (χ1v) is 3.69. The molecule has 0 amide bonds. The average molecular weight is 177 g/mol. The second-order valence-electron chi connectivity index (χ2n) is 1.78. The van der Waals surface area contributed by atoms with Crippen molar-refractivity contribution in [3.8, 4) is 0 Å². The number of hydrogen-bond acceptors (Lipinski definition) is 3. The Morgan fingerprint density at radius 2 is 1.75 bits per heavy atom. The molecule has 0 aromatic carbocycles. The van der Waals surface area contributed by atoms with Gasteiger partial charge in [0, 0.05) is 0 Å². The van der Waals surface area contributed by atoms with E-state index >= 15 is 0 Å². The van der Waals surface area contributed by atoms with E-state index < -0.39 is 24.4 Å². The van der Waals surface area contributed by atoms with Gasteiger partial charge in [0.05, 0.1) is 6.42 Å². The highest BCUT2D eigenvalue weighted by atomic mass is 16.4. The zero-order valence-corrected chi connectivity index (χ0v) is 7.50. The highest BCUT2D eigenvalue weighted by molar-refractivity contribution is 5.80. The zero-order chi connectivity index (χ0) is 10.1. The van der Waals surface area contributed by atoms with Crippen LogP contribution in [0.25, 0.3) is 0 Å². The summed E-state index contributed by atoms with van der Waals surface area (Å²) in [6.07, 6.45) is -0.397. The molecule has 1 atom stereocenters. The monoisotopic (exact) mass is 177 g/mol. The molecule has 12 heavy (non-hydrogen) atoms. The van der Waals surface area contributed by atoms with Crippen LogP contribution in [0.3, 0.4) is 0 Å². The highest BCUT2D eigenvalue weighted by Crippen LogP contribution is 1.89. The lowest BCUT2D eigenvalue weighted by Gasteiger charge is -2.06. The van der Waals surface area contributed by atoms with Gasteiger partial charge in [-0.25, -0.2) is 0 Å². The van der Waals surface area contributed by atoms with Crippen molar-refractivity contribution in [3.63, 3.8) is 0 Å². The van der Waals surface area contributed by atoms with Crippen molar-refractivity contribution < 1.29 is 19.8 Å². The molecule has 72 valence electrons. The molecule has 1 unspecified atom stereocenters. The third kappa shape index (κ3) is 7.01. The fourth-order valence-electron chi connectivity index (χ4n) is 0.487. The van der Waals surface area contributed by atoms with Gasteiger partial charge in [-0.15, -0.1) is 0 Å². The zero-order valence-electron chi connectivity index (χ0n) is 7.50. The average Bonchev–Trinajstić information content (AvgIpc) is 2.03. The molecule has 5 nitrogen and oxygen atoms in total. The number of carboxylic acid groups (broad SMARTS) is 2. The van der Waals surface area contributed by atoms with E-state index in [0.717, 1.165) is 0 Å². The molecular weight excluding hydrogens is 162 g/mol. The molecule has 0 fully saturated rings. The third-order valence-electron chi connectivity index (χ3n) is 1.03. The molecule has 3 N–H and O–H groups in total. The van der Waals surface area contributed by atoms with Crippen LogP contribution in [-0.4, -0.2) is 35.2 Å². The van der Waals surface area contributed by atoms with E-state index in [-0.39, 0.29) is 0 Å². The largest absolute Gasteiger partial charge is 0.481 e. The van der Waals surface area contributed by atoms with Gasteiger partial charge >= 0.3 is 11.9 Å². The molecular formula is C7H15NO4. The van der Waals surface area contributed by atoms with E-state index in [1.165, 1.54) is 7.05 Å². The van der Waals surface area contributed by atoms with Crippen LogP contribution in [-0.2, 0) is 9.59 Å². The Hall–Kier alpha value is -1.10. The van der Waals surface area contributed by atoms with Crippen molar-refractivity contribution in [3.05, 3.63) is 0 Å². The van der Waals surface area contributed by atoms with Crippen LogP contribution in [0.5, 0.6) is 0 Å². The molecule has 0 aromatic heterocycles. The van der Waals surface area contributed by atoms with Crippen molar-refractivity contribution >= 4 is 11.9 Å². The summed E-state index contributed by atoms with van der Waals surface area (Å²) >= 11 is 0. The van der Waals surface area contributed by atoms with Crippen LogP contribution < -0.4 is 5.32 Å². The number of hydrogen-bond donors (Lipinski definition) is 3. The number of carbonyl (C=O) groups is 2. The van der Waals surface area contributed by atoms with Crippen LogP contribution in [0.4, 0.5) is 0 Å². The molecule has 0 bridgehead atoms. The predicted molar refractivity (Wildman–Crippen MR) is 44.1 cm³/mol. The Balaban J connectivity index is 0. The van der Waals surface area contributed by atoms with Gasteiger partial charge < -0.3 is 15.5 Å². The highest BCUT2D eigenvalue weighted by Gasteiger charge is 2.17. The van der Waals surface area contributed by atoms with E-state index in [0.29, 0.717) is 0 Å². The molecule has 0 saturated carbocycles. The summed E-state index contributed by atoms with van der Waals surface area (Å²) in [6, 6.07) is -0.988. The number of rotatable bonds is 4. The lowest BCUT2D eigenvalue weighted by molar-refractivity contribution is -0.145. The molecule has 0 saturated heterocycles. The van der Waals surface area contributed by atoms with Crippen molar-refractivity contribution in [2.45, 2.75) is 26.3 Å². The van der Waals surface area contributed by atoms with Gasteiger partial charge in [0.25, 0.3) is 0 Å². The lowest BCUT2D eigenvalue weighted by atomic mass is 10.2. The van der Waals surface area contributed by atoms with Crippen molar-refractivity contribution in [2.24, 2.45) is 0 Å². The fourth-order valence-corrected chi connectivity index (χ4v) is 0.487. The summed E-state index contributed by atoms with van der Waals surface area (Å²) in [5, 5.41) is 18.8. The fraction of sp³-hybridized carbons (Fsp3) is 0.714. The first-order chi connectivity index (χ1) is 5.57. The maximum Gasteiger partial charge on any atom is 0.321 e. The van der Waals surface area contributed by atoms with Crippen LogP contribution in [0, 0.1) is 0 Å². The minimum absolute atomic E-state index is 0.397. The summed E-state index contributed by atoms with van der Waals surface area (Å²) in [6.45, 7) is 4.00. The minimum Gasteiger partial charge on any atom is -0.481 e. The molecule has 0 heterocycles. The van der Waals surface area contributed by atoms with Crippen LogP contribution in [0.1, 0.15) is 20.3 Å². The molecule has 0 rings (SSSR count). The summed E-state index contributed by atoms with van der Waals surface area (Å²) in [7, 11) is 1.40. The first-order valence-electron chi connectivity index (χ1n) is 3.69. The normalized spacial score (nSPS) is 10.9. The van der Waals surface area contributed by atoms with Crippen LogP contribution in [0.2, 0.25) is 0 Å². The second kappa shape index (κ2) is 8.00. The van der Waals surface area contributed by atoms with Gasteiger partial charge in [-0.1, -0.05) is 13.8 Å². The Morgan fingerprint density at radius 1 is 1.33 bits per heavy atom. The molecule has 0 spiro atoms. The van der Waals surface area contributed by atoms with E-state index in [1.807, 2.05) is 13.8 Å². The standard InChI is InChI=1S/C5H9NO4.C2H6/c1-6-3(5(9)10)2-4(7)8;1-2/h3,6H,2H2,1H3,(H,7,8)(H,9,10);1-2H3. The van der Waals surface area contributed by atoms with Gasteiger partial charge in [0.1, 0.15) is 6.04 Å². The van der Waals surface area contributed by atoms with Gasteiger partial charge in [-0.2, -0.15) is 0 Å². The predicted octanol–water partition coefficient (Wildman–Crippen LogP) is 0.160. The maximum atomic E-state index is 10.1. The lowest BCUT2D eigenvalue weighted by Crippen LogP contribution is -2.35. The Bertz CT molecular complexity index is 146. The summed E-state index contributed by atoms with van der Waals surface area (Å²) in [4.78, 5) is 20.1. The Morgan fingerprint density at radius 3 is 1.83 bits per heavy atom. The van der Waals surface area contributed by atoms with Crippen LogP contribution >= 0.6 is 0 Å². The molecule has 5 heteroatoms. The minimum atomic E-state index is -1.15. The molecule has 0 aliphatic rings. The van der Waals surface area contributed by atoms with Gasteiger partial charge in [0.15, 0.2) is 0 Å². The van der Waals surface area contributed by atoms with Crippen molar-refractivity contribution in [1.29, 1.82) is 0 Å². The quantitative estimate of drug-likeness (QED) is 0.569. The number of carboxylic acids is 2. The van der Waals surface area contributed by atoms with E-state index in [1.54, 1.807) is 0 Å². The van der Waals surface area contributed by atoms with Gasteiger partial charge in [-0.3, -0.25) is 9.59 Å². The number of nitrogens with one attached hydrogen (secondary N) is 1. The maximum absolute atomic E-state index is 10.1. The molecule has 0 aliphatic carbocycles. The van der Waals surface area contributed by atoms with Gasteiger partial charge in [-0.05, 0) is 7.05 Å². The Labute approximate surface area is 71.4 Å². The first kappa shape index (κ1) is 13.5. The number of aliphatic carboxylic acids is 2. The van der Waals surface area contributed by atoms with E-state index in [2.05, 4.69) is 5.32 Å². The SMILES string of the molecule is CC.CNC(CC(=O)O)C(=O)O. The second-order valence-corrected chi connectivity index (χ2v) is 1.78. The number of likely N-dealkylation sites (N-methyl/N-ethyl adjacent to an activating group) is 1. The van der Waals surface area contributed by atoms with Crippen molar-refractivity contribution in [1.82, 2.24) is 5.32 Å². The Kier molecular flexibility index (Phi) is 8.99. The molecule has 0 aliphatic heterocycles. The molecule has 0 radical (unpaired) electrons. The molecule has 0 aromatic rings. The van der Waals surface area contributed by atoms with Crippen LogP contribution in [0.15, 0.2) is 0 Å². The topological polar surface area (TPSA) is 86.6 Å². The summed E-state index contributed by atoms with van der Waals surface area (Å²) in [5.74, 6) is -2.27. The summed E-state index contributed by atoms with van der Waals surface area (Å²) < 4.78 is 0. The van der Waals surface area contributed by atoms with Gasteiger partial charge in [0.2, 0.25) is 0 Å². The van der Waals surface area contributed by atoms with E-state index in [9.17, 15) is 9.59 Å². The smallest absolute Gasteiger partial charge is 0.321 e. The summed E-state index contributed by atoms with van der Waals surface area (Å²) in [5.41, 5.74) is 0. The van der Waals surface area contributed by atoms with Crippen molar-refractivity contribution in [2.75, 3.05) is 7.05 Å². The van der Waals surface area contributed by atoms with E-state index in [4.69, 9.17) is 10.2 Å². The third-order valence-corrected chi connectivity index (χ3v) is 1.03.